The van der Waals surface area contributed by atoms with Gasteiger partial charge in [-0.2, -0.15) is 0 Å². The number of hydrogen-bond donors (Lipinski definition) is 1. The molecular weight excluding hydrogens is 390 g/mol. The number of fused-ring (bicyclic) bond motifs is 1. The van der Waals surface area contributed by atoms with Crippen molar-refractivity contribution in [3.8, 4) is 0 Å². The van der Waals surface area contributed by atoms with Crippen molar-refractivity contribution in [2.45, 2.75) is 38.9 Å². The van der Waals surface area contributed by atoms with E-state index in [1.165, 1.54) is 23.0 Å². The van der Waals surface area contributed by atoms with Gasteiger partial charge >= 0.3 is 5.76 Å². The van der Waals surface area contributed by atoms with Gasteiger partial charge in [-0.25, -0.2) is 4.79 Å². The van der Waals surface area contributed by atoms with Gasteiger partial charge in [0.1, 0.15) is 0 Å². The topological polar surface area (TPSA) is 67.5 Å². The minimum Gasteiger partial charge on any atom is -0.408 e. The first-order valence-electron chi connectivity index (χ1n) is 9.95. The van der Waals surface area contributed by atoms with E-state index in [9.17, 15) is 9.59 Å². The van der Waals surface area contributed by atoms with Gasteiger partial charge in [-0.3, -0.25) is 14.3 Å². The lowest BCUT2D eigenvalue weighted by Crippen LogP contribution is -2.27. The standard InChI is InChI=1S/C22H24ClN3O3/c23-18-7-8-19-20(13-18)29-22(28)26(19)12-9-21(27)24-14-16-5-1-2-6-17(16)15-25-10-3-4-11-25/h1-2,5-8,13H,3-4,9-12,14-15H2,(H,24,27). The highest BCUT2D eigenvalue weighted by Gasteiger charge is 2.14. The number of benzene rings is 2. The predicted molar refractivity (Wildman–Crippen MR) is 113 cm³/mol. The highest BCUT2D eigenvalue weighted by Crippen LogP contribution is 2.19. The Morgan fingerprint density at radius 2 is 1.86 bits per heavy atom. The smallest absolute Gasteiger partial charge is 0.408 e. The van der Waals surface area contributed by atoms with Crippen LogP contribution in [0.4, 0.5) is 0 Å². The van der Waals surface area contributed by atoms with E-state index in [0.29, 0.717) is 22.7 Å². The summed E-state index contributed by atoms with van der Waals surface area (Å²) in [7, 11) is 0. The number of carbonyl (C=O) groups excluding carboxylic acids is 1. The molecule has 0 radical (unpaired) electrons. The summed E-state index contributed by atoms with van der Waals surface area (Å²) >= 11 is 5.93. The van der Waals surface area contributed by atoms with Crippen LogP contribution in [0.25, 0.3) is 11.1 Å². The molecule has 4 rings (SSSR count). The molecule has 0 saturated carbocycles. The molecule has 0 aliphatic carbocycles. The van der Waals surface area contributed by atoms with Gasteiger partial charge in [0, 0.05) is 37.1 Å². The third-order valence-corrected chi connectivity index (χ3v) is 5.61. The number of nitrogens with one attached hydrogen (secondary N) is 1. The van der Waals surface area contributed by atoms with Crippen molar-refractivity contribution in [1.82, 2.24) is 14.8 Å². The van der Waals surface area contributed by atoms with Crippen molar-refractivity contribution in [2.24, 2.45) is 0 Å². The molecule has 1 saturated heterocycles. The minimum atomic E-state index is -0.481. The Hall–Kier alpha value is -2.57. The molecule has 0 bridgehead atoms. The van der Waals surface area contributed by atoms with Crippen LogP contribution in [0.3, 0.4) is 0 Å². The fraction of sp³-hybridized carbons (Fsp3) is 0.364. The summed E-state index contributed by atoms with van der Waals surface area (Å²) in [5, 5.41) is 3.48. The molecule has 29 heavy (non-hydrogen) atoms. The number of halogens is 1. The number of nitrogens with zero attached hydrogens (tertiary/aromatic N) is 2. The van der Waals surface area contributed by atoms with Gasteiger partial charge in [0.15, 0.2) is 5.58 Å². The Kier molecular flexibility index (Phi) is 6.02. The first-order chi connectivity index (χ1) is 14.1. The van der Waals surface area contributed by atoms with E-state index in [-0.39, 0.29) is 18.9 Å². The Balaban J connectivity index is 1.35. The summed E-state index contributed by atoms with van der Waals surface area (Å²) in [6, 6.07) is 13.3. The quantitative estimate of drug-likeness (QED) is 0.643. The maximum Gasteiger partial charge on any atom is 0.419 e. The number of amides is 1. The second-order valence-corrected chi connectivity index (χ2v) is 7.85. The summed E-state index contributed by atoms with van der Waals surface area (Å²) in [6.07, 6.45) is 2.71. The Bertz CT molecular complexity index is 1070. The SMILES string of the molecule is O=C(CCn1c(=O)oc2cc(Cl)ccc21)NCc1ccccc1CN1CCCC1. The van der Waals surface area contributed by atoms with Gasteiger partial charge in [0.25, 0.3) is 0 Å². The molecule has 6 nitrogen and oxygen atoms in total. The number of oxazole rings is 1. The van der Waals surface area contributed by atoms with Crippen LogP contribution in [-0.2, 0) is 24.4 Å². The minimum absolute atomic E-state index is 0.101. The van der Waals surface area contributed by atoms with Crippen molar-refractivity contribution in [3.05, 3.63) is 69.2 Å². The van der Waals surface area contributed by atoms with Gasteiger partial charge in [-0.05, 0) is 49.2 Å². The fourth-order valence-corrected chi connectivity index (χ4v) is 3.98. The molecule has 152 valence electrons. The van der Waals surface area contributed by atoms with Crippen molar-refractivity contribution >= 4 is 28.6 Å². The third kappa shape index (κ3) is 4.71. The number of hydrogen-bond acceptors (Lipinski definition) is 4. The van der Waals surface area contributed by atoms with E-state index in [1.54, 1.807) is 18.2 Å². The van der Waals surface area contributed by atoms with E-state index in [0.717, 1.165) is 25.2 Å². The largest absolute Gasteiger partial charge is 0.419 e. The molecule has 7 heteroatoms. The van der Waals surface area contributed by atoms with Gasteiger partial charge in [0.2, 0.25) is 5.91 Å². The molecule has 0 unspecified atom stereocenters. The highest BCUT2D eigenvalue weighted by atomic mass is 35.5. The van der Waals surface area contributed by atoms with Crippen LogP contribution in [0.15, 0.2) is 51.7 Å². The molecule has 2 aromatic carbocycles. The van der Waals surface area contributed by atoms with Crippen molar-refractivity contribution in [3.63, 3.8) is 0 Å². The molecular formula is C22H24ClN3O3. The Labute approximate surface area is 174 Å². The zero-order chi connectivity index (χ0) is 20.2. The lowest BCUT2D eigenvalue weighted by molar-refractivity contribution is -0.121. The maximum absolute atomic E-state index is 12.4. The van der Waals surface area contributed by atoms with Gasteiger partial charge in [-0.15, -0.1) is 0 Å². The van der Waals surface area contributed by atoms with Crippen LogP contribution in [0.5, 0.6) is 0 Å². The number of aryl methyl sites for hydroxylation is 1. The number of likely N-dealkylation sites (tertiary alicyclic amines) is 1. The van der Waals surface area contributed by atoms with Crippen molar-refractivity contribution in [2.75, 3.05) is 13.1 Å². The molecule has 0 spiro atoms. The van der Waals surface area contributed by atoms with Crippen LogP contribution in [0.1, 0.15) is 30.4 Å². The van der Waals surface area contributed by atoms with E-state index < -0.39 is 5.76 Å². The number of aromatic nitrogens is 1. The second kappa shape index (κ2) is 8.84. The van der Waals surface area contributed by atoms with E-state index in [2.05, 4.69) is 22.3 Å². The molecule has 1 aromatic heterocycles. The maximum atomic E-state index is 12.4. The second-order valence-electron chi connectivity index (χ2n) is 7.41. The van der Waals surface area contributed by atoms with Gasteiger partial charge < -0.3 is 9.73 Å². The number of carbonyl (C=O) groups is 1. The Morgan fingerprint density at radius 3 is 2.66 bits per heavy atom. The lowest BCUT2D eigenvalue weighted by Gasteiger charge is -2.17. The number of rotatable bonds is 7. The first-order valence-corrected chi connectivity index (χ1v) is 10.3. The first kappa shape index (κ1) is 19.7. The van der Waals surface area contributed by atoms with E-state index in [4.69, 9.17) is 16.0 Å². The van der Waals surface area contributed by atoms with Crippen LogP contribution in [-0.4, -0.2) is 28.5 Å². The molecule has 1 N–H and O–H groups in total. The molecule has 3 aromatic rings. The van der Waals surface area contributed by atoms with Gasteiger partial charge in [0.05, 0.1) is 5.52 Å². The summed E-state index contributed by atoms with van der Waals surface area (Å²) < 4.78 is 6.67. The Morgan fingerprint density at radius 1 is 1.10 bits per heavy atom. The molecule has 1 amide bonds. The molecule has 1 fully saturated rings. The van der Waals surface area contributed by atoms with Crippen LogP contribution in [0, 0.1) is 0 Å². The molecule has 1 aliphatic heterocycles. The predicted octanol–water partition coefficient (Wildman–Crippen LogP) is 3.55. The lowest BCUT2D eigenvalue weighted by atomic mass is 10.1. The zero-order valence-electron chi connectivity index (χ0n) is 16.2. The third-order valence-electron chi connectivity index (χ3n) is 5.38. The van der Waals surface area contributed by atoms with E-state index in [1.807, 2.05) is 12.1 Å². The average Bonchev–Trinajstić information content (AvgIpc) is 3.32. The fourth-order valence-electron chi connectivity index (χ4n) is 3.81. The summed E-state index contributed by atoms with van der Waals surface area (Å²) in [5.74, 6) is -0.581. The monoisotopic (exact) mass is 413 g/mol. The summed E-state index contributed by atoms with van der Waals surface area (Å²) in [6.45, 7) is 3.94. The normalized spacial score (nSPS) is 14.5. The van der Waals surface area contributed by atoms with Crippen LogP contribution >= 0.6 is 11.6 Å². The van der Waals surface area contributed by atoms with Crippen LogP contribution in [0.2, 0.25) is 5.02 Å². The zero-order valence-corrected chi connectivity index (χ0v) is 17.0. The molecule has 0 atom stereocenters. The highest BCUT2D eigenvalue weighted by molar-refractivity contribution is 6.31. The van der Waals surface area contributed by atoms with Crippen molar-refractivity contribution < 1.29 is 9.21 Å². The van der Waals surface area contributed by atoms with E-state index >= 15 is 0 Å². The molecule has 2 heterocycles. The van der Waals surface area contributed by atoms with Gasteiger partial charge in [-0.1, -0.05) is 35.9 Å². The molecule has 1 aliphatic rings. The average molecular weight is 414 g/mol. The van der Waals surface area contributed by atoms with Crippen LogP contribution < -0.4 is 11.1 Å². The van der Waals surface area contributed by atoms with Crippen molar-refractivity contribution in [1.29, 1.82) is 0 Å². The summed E-state index contributed by atoms with van der Waals surface area (Å²) in [5.41, 5.74) is 3.46. The summed E-state index contributed by atoms with van der Waals surface area (Å²) in [4.78, 5) is 26.9.